The van der Waals surface area contributed by atoms with Crippen LogP contribution in [0, 0.1) is 0 Å². The van der Waals surface area contributed by atoms with Crippen molar-refractivity contribution >= 4 is 45.2 Å². The summed E-state index contributed by atoms with van der Waals surface area (Å²) in [6.07, 6.45) is 1.50. The highest BCUT2D eigenvalue weighted by Gasteiger charge is 2.28. The Hall–Kier alpha value is 1.34. The topological polar surface area (TPSA) is 60.7 Å². The fraction of sp³-hybridized carbons (Fsp3) is 1.00. The predicted molar refractivity (Wildman–Crippen MR) is 55.3 cm³/mol. The van der Waals surface area contributed by atoms with Crippen LogP contribution < -0.4 is 0 Å². The molecule has 0 aliphatic carbocycles. The molecule has 10 heavy (non-hydrogen) atoms. The minimum absolute atomic E-state index is 0.500. The molecule has 0 radical (unpaired) electrons. The maximum absolute atomic E-state index is 8.61. The van der Waals surface area contributed by atoms with Gasteiger partial charge in [0, 0.05) is 0 Å². The number of aliphatic hydroxyl groups is 3. The van der Waals surface area contributed by atoms with E-state index in [4.69, 9.17) is 15.3 Å². The van der Waals surface area contributed by atoms with Crippen molar-refractivity contribution in [3.63, 3.8) is 0 Å². The molecule has 0 aromatic rings. The van der Waals surface area contributed by atoms with Crippen LogP contribution in [0.5, 0.6) is 0 Å². The Morgan fingerprint density at radius 3 is 2.10 bits per heavy atom. The lowest BCUT2D eigenvalue weighted by molar-refractivity contribution is -0.307. The van der Waals surface area contributed by atoms with Crippen LogP contribution in [0.25, 0.3) is 0 Å². The Kier molecular flexibility index (Phi) is 5.75. The van der Waals surface area contributed by atoms with Gasteiger partial charge in [-0.3, -0.25) is 0 Å². The lowest BCUT2D eigenvalue weighted by atomic mass is 10.2. The van der Waals surface area contributed by atoms with E-state index < -0.39 is 9.90 Å². The van der Waals surface area contributed by atoms with E-state index in [2.05, 4.69) is 22.6 Å². The number of hydrogen-bond donors (Lipinski definition) is 3. The zero-order valence-electron chi connectivity index (χ0n) is 5.30. The van der Waals surface area contributed by atoms with Crippen LogP contribution in [-0.4, -0.2) is 29.6 Å². The molecular weight excluding hydrogens is 362 g/mol. The first-order chi connectivity index (χ1) is 4.48. The molecule has 0 bridgehead atoms. The summed E-state index contributed by atoms with van der Waals surface area (Å²) in [5.41, 5.74) is 0. The summed E-state index contributed by atoms with van der Waals surface area (Å²) in [5.74, 6) is -2.51. The molecule has 0 heterocycles. The predicted octanol–water partition coefficient (Wildman–Crippen LogP) is 0.636. The van der Waals surface area contributed by atoms with Gasteiger partial charge in [0.05, 0.1) is 3.92 Å². The van der Waals surface area contributed by atoms with Crippen molar-refractivity contribution < 1.29 is 15.3 Å². The van der Waals surface area contributed by atoms with Gasteiger partial charge in [-0.2, -0.15) is 0 Å². The SMILES string of the molecule is OC(O)(O)C(I)CCCI. The van der Waals surface area contributed by atoms with Crippen molar-refractivity contribution in [3.8, 4) is 0 Å². The molecular formula is C5H10I2O3. The molecule has 0 aliphatic rings. The molecule has 3 nitrogen and oxygen atoms in total. The maximum Gasteiger partial charge on any atom is 0.287 e. The highest BCUT2D eigenvalue weighted by atomic mass is 127. The molecule has 1 atom stereocenters. The smallest absolute Gasteiger partial charge is 0.287 e. The van der Waals surface area contributed by atoms with Crippen molar-refractivity contribution in [2.45, 2.75) is 22.7 Å². The van der Waals surface area contributed by atoms with Gasteiger partial charge in [-0.05, 0) is 17.3 Å². The van der Waals surface area contributed by atoms with Crippen LogP contribution >= 0.6 is 45.2 Å². The van der Waals surface area contributed by atoms with Gasteiger partial charge in [0.2, 0.25) is 0 Å². The van der Waals surface area contributed by atoms with E-state index in [1.165, 1.54) is 0 Å². The van der Waals surface area contributed by atoms with Crippen LogP contribution in [0.1, 0.15) is 12.8 Å². The molecule has 0 aromatic carbocycles. The lowest BCUT2D eigenvalue weighted by Gasteiger charge is -2.19. The molecule has 3 N–H and O–H groups in total. The fourth-order valence-electron chi connectivity index (χ4n) is 0.450. The van der Waals surface area contributed by atoms with Crippen molar-refractivity contribution in [1.29, 1.82) is 0 Å². The molecule has 0 rings (SSSR count). The lowest BCUT2D eigenvalue weighted by Crippen LogP contribution is -2.37. The second-order valence-corrected chi connectivity index (χ2v) is 4.57. The molecule has 0 fully saturated rings. The summed E-state index contributed by atoms with van der Waals surface area (Å²) in [5, 5.41) is 25.8. The zero-order valence-corrected chi connectivity index (χ0v) is 9.61. The molecule has 0 saturated heterocycles. The molecule has 1 unspecified atom stereocenters. The van der Waals surface area contributed by atoms with Gasteiger partial charge >= 0.3 is 0 Å². The first-order valence-electron chi connectivity index (χ1n) is 2.85. The van der Waals surface area contributed by atoms with E-state index in [1.54, 1.807) is 0 Å². The Labute approximate surface area is 87.1 Å². The largest absolute Gasteiger partial charge is 0.343 e. The van der Waals surface area contributed by atoms with Crippen molar-refractivity contribution in [2.24, 2.45) is 0 Å². The fourth-order valence-corrected chi connectivity index (χ4v) is 1.33. The van der Waals surface area contributed by atoms with E-state index in [9.17, 15) is 0 Å². The van der Waals surface area contributed by atoms with Crippen LogP contribution in [-0.2, 0) is 0 Å². The Morgan fingerprint density at radius 1 is 1.30 bits per heavy atom. The monoisotopic (exact) mass is 372 g/mol. The number of rotatable bonds is 4. The van der Waals surface area contributed by atoms with Gasteiger partial charge in [-0.25, -0.2) is 0 Å². The molecule has 0 aliphatic heterocycles. The first-order valence-corrected chi connectivity index (χ1v) is 5.62. The van der Waals surface area contributed by atoms with Gasteiger partial charge in [-0.1, -0.05) is 45.2 Å². The molecule has 0 amide bonds. The van der Waals surface area contributed by atoms with Crippen molar-refractivity contribution in [2.75, 3.05) is 4.43 Å². The average Bonchev–Trinajstić information content (AvgIpc) is 1.80. The van der Waals surface area contributed by atoms with Crippen LogP contribution in [0.4, 0.5) is 0 Å². The summed E-state index contributed by atoms with van der Waals surface area (Å²) < 4.78 is 0.465. The third kappa shape index (κ3) is 5.05. The second-order valence-electron chi connectivity index (χ2n) is 1.99. The zero-order chi connectivity index (χ0) is 8.20. The summed E-state index contributed by atoms with van der Waals surface area (Å²) in [4.78, 5) is 0. The summed E-state index contributed by atoms with van der Waals surface area (Å²) in [6, 6.07) is 0. The number of halogens is 2. The van der Waals surface area contributed by atoms with E-state index in [1.807, 2.05) is 22.6 Å². The summed E-state index contributed by atoms with van der Waals surface area (Å²) >= 11 is 4.02. The van der Waals surface area contributed by atoms with E-state index >= 15 is 0 Å². The van der Waals surface area contributed by atoms with Gasteiger partial charge in [0.1, 0.15) is 0 Å². The maximum atomic E-state index is 8.61. The van der Waals surface area contributed by atoms with Gasteiger partial charge < -0.3 is 15.3 Å². The third-order valence-corrected chi connectivity index (χ3v) is 3.23. The van der Waals surface area contributed by atoms with E-state index in [-0.39, 0.29) is 0 Å². The molecule has 0 saturated carbocycles. The molecule has 0 spiro atoms. The van der Waals surface area contributed by atoms with Gasteiger partial charge in [-0.15, -0.1) is 0 Å². The third-order valence-electron chi connectivity index (χ3n) is 1.01. The number of alkyl halides is 2. The first kappa shape index (κ1) is 11.3. The van der Waals surface area contributed by atoms with Crippen LogP contribution in [0.2, 0.25) is 0 Å². The minimum Gasteiger partial charge on any atom is -0.343 e. The highest BCUT2D eigenvalue weighted by Crippen LogP contribution is 2.18. The summed E-state index contributed by atoms with van der Waals surface area (Å²) in [7, 11) is 0. The van der Waals surface area contributed by atoms with Crippen molar-refractivity contribution in [3.05, 3.63) is 0 Å². The van der Waals surface area contributed by atoms with Crippen molar-refractivity contribution in [1.82, 2.24) is 0 Å². The highest BCUT2D eigenvalue weighted by molar-refractivity contribution is 14.1. The Balaban J connectivity index is 3.52. The van der Waals surface area contributed by atoms with E-state index in [0.29, 0.717) is 6.42 Å². The quantitative estimate of drug-likeness (QED) is 0.386. The Bertz CT molecular complexity index is 91.4. The second kappa shape index (κ2) is 5.07. The normalized spacial score (nSPS) is 15.3. The Morgan fingerprint density at radius 2 is 1.80 bits per heavy atom. The molecule has 0 aromatic heterocycles. The van der Waals surface area contributed by atoms with Crippen LogP contribution in [0.3, 0.4) is 0 Å². The van der Waals surface area contributed by atoms with E-state index in [0.717, 1.165) is 10.8 Å². The summed E-state index contributed by atoms with van der Waals surface area (Å²) in [6.45, 7) is 0. The standard InChI is InChI=1S/C5H10I2O3/c6-3-1-2-4(7)5(8,9)10/h4,8-10H,1-3H2. The number of hydrogen-bond acceptors (Lipinski definition) is 3. The average molecular weight is 372 g/mol. The molecule has 5 heteroatoms. The molecule has 62 valence electrons. The minimum atomic E-state index is -2.51. The van der Waals surface area contributed by atoms with Crippen LogP contribution in [0.15, 0.2) is 0 Å². The van der Waals surface area contributed by atoms with Gasteiger partial charge in [0.15, 0.2) is 0 Å². The van der Waals surface area contributed by atoms with Gasteiger partial charge in [0.25, 0.3) is 5.97 Å².